The maximum absolute atomic E-state index is 12.2. The Morgan fingerprint density at radius 3 is 2.71 bits per heavy atom. The van der Waals surface area contributed by atoms with Crippen LogP contribution in [0.25, 0.3) is 0 Å². The summed E-state index contributed by atoms with van der Waals surface area (Å²) in [5.41, 5.74) is 3.26. The number of benzene rings is 2. The fourth-order valence-electron chi connectivity index (χ4n) is 2.34. The fraction of sp³-hybridized carbons (Fsp3) is 0.278. The van der Waals surface area contributed by atoms with E-state index in [1.54, 1.807) is 25.3 Å². The van der Waals surface area contributed by atoms with E-state index in [4.69, 9.17) is 16.3 Å². The van der Waals surface area contributed by atoms with E-state index in [9.17, 15) is 4.79 Å². The number of hydrogen-bond acceptors (Lipinski definition) is 2. The quantitative estimate of drug-likeness (QED) is 0.790. The molecule has 0 aliphatic carbocycles. The Morgan fingerprint density at radius 1 is 1.19 bits per heavy atom. The summed E-state index contributed by atoms with van der Waals surface area (Å²) in [7, 11) is 1.60. The molecule has 2 rings (SSSR count). The van der Waals surface area contributed by atoms with Crippen LogP contribution in [0.15, 0.2) is 42.5 Å². The third-order valence-corrected chi connectivity index (χ3v) is 3.64. The Bertz CT molecular complexity index is 635. The highest BCUT2D eigenvalue weighted by Gasteiger charge is 2.10. The zero-order valence-corrected chi connectivity index (χ0v) is 13.1. The van der Waals surface area contributed by atoms with Crippen molar-refractivity contribution in [3.8, 4) is 5.75 Å². The third-order valence-electron chi connectivity index (χ3n) is 3.41. The van der Waals surface area contributed by atoms with E-state index in [-0.39, 0.29) is 5.78 Å². The molecule has 0 saturated heterocycles. The summed E-state index contributed by atoms with van der Waals surface area (Å²) in [6, 6.07) is 13.6. The van der Waals surface area contributed by atoms with Gasteiger partial charge in [-0.15, -0.1) is 0 Å². The van der Waals surface area contributed by atoms with Gasteiger partial charge in [0.2, 0.25) is 0 Å². The number of carbonyl (C=O) groups excluding carboxylic acids is 1. The summed E-state index contributed by atoms with van der Waals surface area (Å²) in [5.74, 6) is 0.903. The van der Waals surface area contributed by atoms with E-state index in [0.29, 0.717) is 23.6 Å². The van der Waals surface area contributed by atoms with Gasteiger partial charge in [0.05, 0.1) is 7.11 Å². The van der Waals surface area contributed by atoms with Crippen LogP contribution in [-0.2, 0) is 17.6 Å². The van der Waals surface area contributed by atoms with Crippen molar-refractivity contribution < 1.29 is 9.53 Å². The molecule has 0 atom stereocenters. The van der Waals surface area contributed by atoms with E-state index in [1.807, 2.05) is 6.07 Å². The molecule has 0 saturated carbocycles. The highest BCUT2D eigenvalue weighted by atomic mass is 35.5. The smallest absolute Gasteiger partial charge is 0.137 e. The monoisotopic (exact) mass is 302 g/mol. The lowest BCUT2D eigenvalue weighted by atomic mass is 10.0. The summed E-state index contributed by atoms with van der Waals surface area (Å²) in [5, 5.41) is 0.622. The van der Waals surface area contributed by atoms with Crippen molar-refractivity contribution in [3.05, 3.63) is 64.2 Å². The second-order valence-electron chi connectivity index (χ2n) is 5.16. The normalized spacial score (nSPS) is 10.4. The van der Waals surface area contributed by atoms with Gasteiger partial charge in [-0.3, -0.25) is 4.79 Å². The van der Waals surface area contributed by atoms with E-state index in [0.717, 1.165) is 12.0 Å². The molecule has 2 aromatic carbocycles. The van der Waals surface area contributed by atoms with Gasteiger partial charge in [0, 0.05) is 23.4 Å². The minimum atomic E-state index is 0.192. The lowest BCUT2D eigenvalue weighted by Gasteiger charge is -2.08. The average Bonchev–Trinajstić information content (AvgIpc) is 2.45. The number of hydrogen-bond donors (Lipinski definition) is 0. The molecular weight excluding hydrogens is 284 g/mol. The second kappa shape index (κ2) is 7.28. The van der Waals surface area contributed by atoms with Gasteiger partial charge in [-0.05, 0) is 37.1 Å². The van der Waals surface area contributed by atoms with Crippen LogP contribution in [0.3, 0.4) is 0 Å². The minimum Gasteiger partial charge on any atom is -0.496 e. The van der Waals surface area contributed by atoms with Crippen LogP contribution in [0.1, 0.15) is 23.1 Å². The van der Waals surface area contributed by atoms with E-state index in [1.165, 1.54) is 11.1 Å². The summed E-state index contributed by atoms with van der Waals surface area (Å²) in [6.07, 6.45) is 1.65. The predicted octanol–water partition coefficient (Wildman–Crippen LogP) is 4.40. The van der Waals surface area contributed by atoms with E-state index >= 15 is 0 Å². The molecule has 21 heavy (non-hydrogen) atoms. The molecule has 110 valence electrons. The van der Waals surface area contributed by atoms with Crippen molar-refractivity contribution in [2.75, 3.05) is 7.11 Å². The summed E-state index contributed by atoms with van der Waals surface area (Å²) >= 11 is 5.98. The van der Waals surface area contributed by atoms with Crippen LogP contribution in [0.2, 0.25) is 5.02 Å². The van der Waals surface area contributed by atoms with Crippen LogP contribution >= 0.6 is 11.6 Å². The van der Waals surface area contributed by atoms with Crippen LogP contribution in [0.4, 0.5) is 0 Å². The summed E-state index contributed by atoms with van der Waals surface area (Å²) < 4.78 is 5.27. The van der Waals surface area contributed by atoms with Gasteiger partial charge in [-0.25, -0.2) is 0 Å². The van der Waals surface area contributed by atoms with Crippen molar-refractivity contribution in [2.45, 2.75) is 26.2 Å². The molecule has 0 heterocycles. The SMILES string of the molecule is COc1ccc(Cl)cc1CC(=O)CCc1cccc(C)c1. The number of methoxy groups -OCH3 is 1. The maximum atomic E-state index is 12.2. The van der Waals surface area contributed by atoms with Gasteiger partial charge in [0.15, 0.2) is 0 Å². The van der Waals surface area contributed by atoms with Gasteiger partial charge in [0.25, 0.3) is 0 Å². The van der Waals surface area contributed by atoms with E-state index < -0.39 is 0 Å². The second-order valence-corrected chi connectivity index (χ2v) is 5.60. The molecule has 0 aliphatic heterocycles. The number of rotatable bonds is 6. The first-order valence-electron chi connectivity index (χ1n) is 6.98. The number of carbonyl (C=O) groups is 1. The number of ketones is 1. The third kappa shape index (κ3) is 4.61. The molecule has 0 amide bonds. The standard InChI is InChI=1S/C18H19ClO2/c1-13-4-3-5-14(10-13)6-8-17(20)12-15-11-16(19)7-9-18(15)21-2/h3-5,7,9-11H,6,8,12H2,1-2H3. The maximum Gasteiger partial charge on any atom is 0.137 e. The van der Waals surface area contributed by atoms with Gasteiger partial charge in [-0.2, -0.15) is 0 Å². The number of Topliss-reactive ketones (excluding diaryl/α,β-unsaturated/α-hetero) is 1. The van der Waals surface area contributed by atoms with Crippen molar-refractivity contribution in [3.63, 3.8) is 0 Å². The molecule has 0 aromatic heterocycles. The lowest BCUT2D eigenvalue weighted by molar-refractivity contribution is -0.118. The Hall–Kier alpha value is -1.80. The first-order chi connectivity index (χ1) is 10.1. The molecule has 0 spiro atoms. The first-order valence-corrected chi connectivity index (χ1v) is 7.36. The molecular formula is C18H19ClO2. The molecule has 2 nitrogen and oxygen atoms in total. The lowest BCUT2D eigenvalue weighted by Crippen LogP contribution is -2.06. The number of halogens is 1. The summed E-state index contributed by atoms with van der Waals surface area (Å²) in [4.78, 5) is 12.2. The molecule has 3 heteroatoms. The van der Waals surface area contributed by atoms with Crippen molar-refractivity contribution in [1.29, 1.82) is 0 Å². The first kappa shape index (κ1) is 15.6. The summed E-state index contributed by atoms with van der Waals surface area (Å²) in [6.45, 7) is 2.06. The van der Waals surface area contributed by atoms with Gasteiger partial charge in [-0.1, -0.05) is 41.4 Å². The fourth-order valence-corrected chi connectivity index (χ4v) is 2.53. The number of ether oxygens (including phenoxy) is 1. The molecule has 0 N–H and O–H groups in total. The molecule has 0 radical (unpaired) electrons. The zero-order chi connectivity index (χ0) is 15.2. The van der Waals surface area contributed by atoms with Gasteiger partial charge >= 0.3 is 0 Å². The highest BCUT2D eigenvalue weighted by Crippen LogP contribution is 2.23. The Morgan fingerprint density at radius 2 is 2.00 bits per heavy atom. The molecule has 0 bridgehead atoms. The Kier molecular flexibility index (Phi) is 5.40. The van der Waals surface area contributed by atoms with Crippen molar-refractivity contribution >= 4 is 17.4 Å². The van der Waals surface area contributed by atoms with Crippen molar-refractivity contribution in [1.82, 2.24) is 0 Å². The predicted molar refractivity (Wildman–Crippen MR) is 86.2 cm³/mol. The van der Waals surface area contributed by atoms with Crippen LogP contribution in [-0.4, -0.2) is 12.9 Å². The highest BCUT2D eigenvalue weighted by molar-refractivity contribution is 6.30. The zero-order valence-electron chi connectivity index (χ0n) is 12.4. The Labute approximate surface area is 130 Å². The molecule has 0 unspecified atom stereocenters. The Balaban J connectivity index is 1.97. The van der Waals surface area contributed by atoms with E-state index in [2.05, 4.69) is 25.1 Å². The van der Waals surface area contributed by atoms with Crippen LogP contribution in [0, 0.1) is 6.92 Å². The van der Waals surface area contributed by atoms with Crippen LogP contribution < -0.4 is 4.74 Å². The van der Waals surface area contributed by atoms with Crippen LogP contribution in [0.5, 0.6) is 5.75 Å². The number of aryl methyl sites for hydroxylation is 2. The minimum absolute atomic E-state index is 0.192. The van der Waals surface area contributed by atoms with Gasteiger partial charge < -0.3 is 4.74 Å². The molecule has 2 aromatic rings. The average molecular weight is 303 g/mol. The largest absolute Gasteiger partial charge is 0.496 e. The van der Waals surface area contributed by atoms with Crippen molar-refractivity contribution in [2.24, 2.45) is 0 Å². The van der Waals surface area contributed by atoms with Gasteiger partial charge in [0.1, 0.15) is 11.5 Å². The molecule has 0 fully saturated rings. The topological polar surface area (TPSA) is 26.3 Å². The molecule has 0 aliphatic rings.